The number of non-ortho nitro benzene ring substituents is 1. The van der Waals surface area contributed by atoms with Crippen molar-refractivity contribution < 1.29 is 18.6 Å². The van der Waals surface area contributed by atoms with Crippen molar-refractivity contribution in [2.75, 3.05) is 6.54 Å². The number of amides is 1. The van der Waals surface area contributed by atoms with Gasteiger partial charge in [0, 0.05) is 36.2 Å². The molecule has 1 amide bonds. The molecule has 0 saturated carbocycles. The van der Waals surface area contributed by atoms with Gasteiger partial charge in [0.2, 0.25) is 11.7 Å². The van der Waals surface area contributed by atoms with Crippen molar-refractivity contribution in [3.05, 3.63) is 75.9 Å². The van der Waals surface area contributed by atoms with Crippen LogP contribution in [-0.4, -0.2) is 27.5 Å². The highest BCUT2D eigenvalue weighted by Gasteiger charge is 2.11. The molecule has 26 heavy (non-hydrogen) atoms. The maximum absolute atomic E-state index is 12.9. The summed E-state index contributed by atoms with van der Waals surface area (Å²) >= 11 is 0. The lowest BCUT2D eigenvalue weighted by Gasteiger charge is -2.03. The number of nitrogens with zero attached hydrogens (tertiary/aromatic N) is 3. The third kappa shape index (κ3) is 4.07. The minimum atomic E-state index is -0.532. The molecule has 132 valence electrons. The van der Waals surface area contributed by atoms with Gasteiger partial charge in [-0.1, -0.05) is 5.16 Å². The summed E-state index contributed by atoms with van der Waals surface area (Å²) in [5.74, 6) is -0.0559. The second kappa shape index (κ2) is 7.51. The molecule has 3 aromatic rings. The topological polar surface area (TPSA) is 111 Å². The van der Waals surface area contributed by atoms with Crippen LogP contribution in [0, 0.1) is 15.9 Å². The first kappa shape index (κ1) is 17.2. The van der Waals surface area contributed by atoms with Crippen LogP contribution in [0.15, 0.2) is 53.1 Å². The lowest BCUT2D eigenvalue weighted by Crippen LogP contribution is -2.25. The highest BCUT2D eigenvalue weighted by atomic mass is 19.1. The summed E-state index contributed by atoms with van der Waals surface area (Å²) in [5, 5.41) is 17.1. The van der Waals surface area contributed by atoms with Crippen LogP contribution in [0.5, 0.6) is 0 Å². The van der Waals surface area contributed by atoms with Crippen molar-refractivity contribution in [2.24, 2.45) is 0 Å². The van der Waals surface area contributed by atoms with Gasteiger partial charge < -0.3 is 9.84 Å². The van der Waals surface area contributed by atoms with Crippen LogP contribution >= 0.6 is 0 Å². The maximum Gasteiger partial charge on any atom is 0.269 e. The Hall–Kier alpha value is -3.62. The SMILES string of the molecule is O=C(NCCc1nc(-c2ccc(F)cc2)no1)c1ccc([N+](=O)[O-])cc1. The van der Waals surface area contributed by atoms with Crippen molar-refractivity contribution in [3.8, 4) is 11.4 Å². The molecular weight excluding hydrogens is 343 g/mol. The number of hydrogen-bond donors (Lipinski definition) is 1. The Morgan fingerprint density at radius 2 is 1.85 bits per heavy atom. The molecule has 0 aliphatic carbocycles. The summed E-state index contributed by atoms with van der Waals surface area (Å²) in [4.78, 5) is 26.2. The number of carbonyl (C=O) groups excluding carboxylic acids is 1. The summed E-state index contributed by atoms with van der Waals surface area (Å²) in [6.07, 6.45) is 0.312. The Morgan fingerprint density at radius 1 is 1.15 bits per heavy atom. The van der Waals surface area contributed by atoms with E-state index in [1.807, 2.05) is 0 Å². The van der Waals surface area contributed by atoms with E-state index in [1.54, 1.807) is 12.1 Å². The zero-order valence-corrected chi connectivity index (χ0v) is 13.4. The molecule has 0 aliphatic heterocycles. The number of hydrogen-bond acceptors (Lipinski definition) is 6. The highest BCUT2D eigenvalue weighted by Crippen LogP contribution is 2.16. The minimum Gasteiger partial charge on any atom is -0.352 e. The number of nitro benzene ring substituents is 1. The van der Waals surface area contributed by atoms with Crippen molar-refractivity contribution in [1.29, 1.82) is 0 Å². The van der Waals surface area contributed by atoms with Crippen LogP contribution in [0.25, 0.3) is 11.4 Å². The average molecular weight is 356 g/mol. The normalized spacial score (nSPS) is 10.5. The number of rotatable bonds is 6. The van der Waals surface area contributed by atoms with E-state index in [0.29, 0.717) is 29.3 Å². The van der Waals surface area contributed by atoms with Gasteiger partial charge in [0.15, 0.2) is 0 Å². The van der Waals surface area contributed by atoms with Gasteiger partial charge in [-0.25, -0.2) is 4.39 Å². The van der Waals surface area contributed by atoms with Gasteiger partial charge in [0.25, 0.3) is 11.6 Å². The van der Waals surface area contributed by atoms with Gasteiger partial charge >= 0.3 is 0 Å². The maximum atomic E-state index is 12.9. The number of benzene rings is 2. The van der Waals surface area contributed by atoms with E-state index in [4.69, 9.17) is 4.52 Å². The fourth-order valence-corrected chi connectivity index (χ4v) is 2.19. The van der Waals surface area contributed by atoms with E-state index >= 15 is 0 Å². The van der Waals surface area contributed by atoms with Crippen LogP contribution in [0.3, 0.4) is 0 Å². The molecule has 0 saturated heterocycles. The van der Waals surface area contributed by atoms with E-state index < -0.39 is 4.92 Å². The zero-order valence-electron chi connectivity index (χ0n) is 13.4. The second-order valence-corrected chi connectivity index (χ2v) is 5.33. The molecule has 0 unspecified atom stereocenters. The standard InChI is InChI=1S/C17H13FN4O4/c18-13-5-1-11(2-6-13)16-20-15(26-21-16)9-10-19-17(23)12-3-7-14(8-4-12)22(24)25/h1-8H,9-10H2,(H,19,23). The van der Waals surface area contributed by atoms with Crippen LogP contribution in [0.2, 0.25) is 0 Å². The van der Waals surface area contributed by atoms with E-state index in [9.17, 15) is 19.3 Å². The van der Waals surface area contributed by atoms with Gasteiger partial charge in [-0.05, 0) is 36.4 Å². The van der Waals surface area contributed by atoms with Crippen LogP contribution in [0.4, 0.5) is 10.1 Å². The van der Waals surface area contributed by atoms with Gasteiger partial charge in [-0.15, -0.1) is 0 Å². The molecule has 0 spiro atoms. The molecule has 1 heterocycles. The summed E-state index contributed by atoms with van der Waals surface area (Å²) < 4.78 is 18.0. The van der Waals surface area contributed by atoms with E-state index in [1.165, 1.54) is 36.4 Å². The van der Waals surface area contributed by atoms with Gasteiger partial charge in [0.05, 0.1) is 4.92 Å². The zero-order chi connectivity index (χ0) is 18.5. The molecule has 1 aromatic heterocycles. The Balaban J connectivity index is 1.54. The summed E-state index contributed by atoms with van der Waals surface area (Å²) in [6, 6.07) is 11.0. The minimum absolute atomic E-state index is 0.0827. The third-order valence-electron chi connectivity index (χ3n) is 3.54. The second-order valence-electron chi connectivity index (χ2n) is 5.33. The monoisotopic (exact) mass is 356 g/mol. The molecule has 0 radical (unpaired) electrons. The lowest BCUT2D eigenvalue weighted by atomic mass is 10.2. The smallest absolute Gasteiger partial charge is 0.269 e. The fourth-order valence-electron chi connectivity index (χ4n) is 2.19. The summed E-state index contributed by atoms with van der Waals surface area (Å²) in [6.45, 7) is 0.251. The molecule has 0 fully saturated rings. The Morgan fingerprint density at radius 3 is 2.50 bits per heavy atom. The molecule has 2 aromatic carbocycles. The summed E-state index contributed by atoms with van der Waals surface area (Å²) in [5.41, 5.74) is 0.852. The first-order valence-corrected chi connectivity index (χ1v) is 7.64. The van der Waals surface area contributed by atoms with E-state index in [0.717, 1.165) is 0 Å². The number of nitrogens with one attached hydrogen (secondary N) is 1. The number of nitro groups is 1. The third-order valence-corrected chi connectivity index (χ3v) is 3.54. The van der Waals surface area contributed by atoms with Crippen LogP contribution in [-0.2, 0) is 6.42 Å². The Labute approximate surface area is 146 Å². The van der Waals surface area contributed by atoms with Crippen molar-refractivity contribution in [1.82, 2.24) is 15.5 Å². The van der Waals surface area contributed by atoms with Crippen molar-refractivity contribution in [2.45, 2.75) is 6.42 Å². The molecule has 0 bridgehead atoms. The number of halogens is 1. The molecule has 1 N–H and O–H groups in total. The molecule has 8 nitrogen and oxygen atoms in total. The van der Waals surface area contributed by atoms with Gasteiger partial charge in [-0.3, -0.25) is 14.9 Å². The van der Waals surface area contributed by atoms with Crippen molar-refractivity contribution in [3.63, 3.8) is 0 Å². The average Bonchev–Trinajstić information content (AvgIpc) is 3.11. The van der Waals surface area contributed by atoms with E-state index in [2.05, 4.69) is 15.5 Å². The van der Waals surface area contributed by atoms with Crippen LogP contribution in [0.1, 0.15) is 16.2 Å². The first-order valence-electron chi connectivity index (χ1n) is 7.64. The molecule has 0 aliphatic rings. The molecule has 9 heteroatoms. The van der Waals surface area contributed by atoms with Crippen LogP contribution < -0.4 is 5.32 Å². The highest BCUT2D eigenvalue weighted by molar-refractivity contribution is 5.94. The van der Waals surface area contributed by atoms with E-state index in [-0.39, 0.29) is 24.0 Å². The summed E-state index contributed by atoms with van der Waals surface area (Å²) in [7, 11) is 0. The van der Waals surface area contributed by atoms with Gasteiger partial charge in [-0.2, -0.15) is 4.98 Å². The largest absolute Gasteiger partial charge is 0.352 e. The number of aromatic nitrogens is 2. The first-order chi connectivity index (χ1) is 12.5. The fraction of sp³-hybridized carbons (Fsp3) is 0.118. The predicted octanol–water partition coefficient (Wildman–Crippen LogP) is 2.76. The quantitative estimate of drug-likeness (QED) is 0.537. The molecule has 3 rings (SSSR count). The number of carbonyl (C=O) groups is 1. The van der Waals surface area contributed by atoms with Crippen molar-refractivity contribution >= 4 is 11.6 Å². The molecular formula is C17H13FN4O4. The lowest BCUT2D eigenvalue weighted by molar-refractivity contribution is -0.384. The Kier molecular flexibility index (Phi) is 4.97. The molecule has 0 atom stereocenters. The van der Waals surface area contributed by atoms with Gasteiger partial charge in [0.1, 0.15) is 5.82 Å². The predicted molar refractivity (Wildman–Crippen MR) is 88.8 cm³/mol. The Bertz CT molecular complexity index is 923.